The lowest BCUT2D eigenvalue weighted by Crippen LogP contribution is -2.13. The molecule has 0 saturated heterocycles. The van der Waals surface area contributed by atoms with Gasteiger partial charge in [0.05, 0.1) is 18.5 Å². The van der Waals surface area contributed by atoms with Gasteiger partial charge in [0, 0.05) is 16.6 Å². The van der Waals surface area contributed by atoms with Crippen LogP contribution in [0.25, 0.3) is 21.5 Å². The molecule has 3 N–H and O–H groups in total. The van der Waals surface area contributed by atoms with Crippen LogP contribution < -0.4 is 15.8 Å². The molecule has 0 fully saturated rings. The predicted molar refractivity (Wildman–Crippen MR) is 120 cm³/mol. The van der Waals surface area contributed by atoms with E-state index in [2.05, 4.69) is 5.32 Å². The Balaban J connectivity index is 1.67. The summed E-state index contributed by atoms with van der Waals surface area (Å²) in [6, 6.07) is 17.5. The Morgan fingerprint density at radius 2 is 1.83 bits per heavy atom. The second-order valence-electron chi connectivity index (χ2n) is 6.90. The number of thiophene rings is 1. The van der Waals surface area contributed by atoms with Crippen molar-refractivity contribution < 1.29 is 9.53 Å². The summed E-state index contributed by atoms with van der Waals surface area (Å²) in [5.41, 5.74) is 11.4. The van der Waals surface area contributed by atoms with Crippen LogP contribution in [-0.4, -0.2) is 18.0 Å². The average molecular weight is 404 g/mol. The Hall–Kier alpha value is -3.38. The maximum absolute atomic E-state index is 12.9. The number of nitrogens with one attached hydrogen (secondary N) is 1. The fraction of sp³-hybridized carbons (Fsp3) is 0.130. The number of carbonyl (C=O) groups excluding carboxylic acids is 1. The van der Waals surface area contributed by atoms with Crippen LogP contribution in [0.3, 0.4) is 0 Å². The monoisotopic (exact) mass is 403 g/mol. The number of carbonyl (C=O) groups is 1. The molecule has 0 aliphatic carbocycles. The van der Waals surface area contributed by atoms with Crippen LogP contribution >= 0.6 is 11.3 Å². The van der Waals surface area contributed by atoms with Crippen LogP contribution in [0.4, 0.5) is 11.4 Å². The molecule has 2 heterocycles. The first kappa shape index (κ1) is 19.0. The summed E-state index contributed by atoms with van der Waals surface area (Å²) in [6.07, 6.45) is 0. The number of hydrogen-bond acceptors (Lipinski definition) is 5. The van der Waals surface area contributed by atoms with E-state index in [9.17, 15) is 4.79 Å². The van der Waals surface area contributed by atoms with E-state index in [0.717, 1.165) is 44.0 Å². The molecule has 0 spiro atoms. The van der Waals surface area contributed by atoms with Gasteiger partial charge in [-0.1, -0.05) is 12.1 Å². The van der Waals surface area contributed by atoms with Crippen molar-refractivity contribution in [1.29, 1.82) is 0 Å². The molecule has 2 aromatic heterocycles. The zero-order chi connectivity index (χ0) is 20.5. The number of nitrogen functional groups attached to an aromatic ring is 1. The standard InChI is InChI=1S/C23H21N3O2S/c1-13-4-5-14(2)19(12-13)25-22(27)21-20(24)17-10-11-18(26-23(17)29-21)15-6-8-16(28-3)9-7-15/h4-12H,24H2,1-3H3,(H,25,27). The van der Waals surface area contributed by atoms with E-state index in [1.165, 1.54) is 11.3 Å². The summed E-state index contributed by atoms with van der Waals surface area (Å²) in [6.45, 7) is 3.96. The van der Waals surface area contributed by atoms with E-state index in [0.29, 0.717) is 10.6 Å². The van der Waals surface area contributed by atoms with Crippen LogP contribution in [0.2, 0.25) is 0 Å². The van der Waals surface area contributed by atoms with Crippen molar-refractivity contribution >= 4 is 38.8 Å². The van der Waals surface area contributed by atoms with E-state index < -0.39 is 0 Å². The minimum atomic E-state index is -0.217. The molecular weight excluding hydrogens is 382 g/mol. The number of hydrogen-bond donors (Lipinski definition) is 2. The molecule has 0 unspecified atom stereocenters. The van der Waals surface area contributed by atoms with E-state index in [1.807, 2.05) is 68.4 Å². The maximum Gasteiger partial charge on any atom is 0.267 e. The minimum Gasteiger partial charge on any atom is -0.497 e. The van der Waals surface area contributed by atoms with Gasteiger partial charge in [0.25, 0.3) is 5.91 Å². The largest absolute Gasteiger partial charge is 0.497 e. The summed E-state index contributed by atoms with van der Waals surface area (Å²) < 4.78 is 5.21. The number of methoxy groups -OCH3 is 1. The van der Waals surface area contributed by atoms with Gasteiger partial charge in [0.1, 0.15) is 15.5 Å². The molecule has 4 aromatic rings. The third-order valence-corrected chi connectivity index (χ3v) is 5.94. The van der Waals surface area contributed by atoms with Crippen molar-refractivity contribution in [2.75, 3.05) is 18.2 Å². The number of ether oxygens (including phenoxy) is 1. The van der Waals surface area contributed by atoms with E-state index in [1.54, 1.807) is 7.11 Å². The third-order valence-electron chi connectivity index (χ3n) is 4.83. The van der Waals surface area contributed by atoms with Gasteiger partial charge in [0.15, 0.2) is 0 Å². The number of nitrogens with two attached hydrogens (primary N) is 1. The molecule has 5 nitrogen and oxygen atoms in total. The van der Waals surface area contributed by atoms with Gasteiger partial charge < -0.3 is 15.8 Å². The highest BCUT2D eigenvalue weighted by atomic mass is 32.1. The van der Waals surface area contributed by atoms with Gasteiger partial charge in [-0.15, -0.1) is 11.3 Å². The quantitative estimate of drug-likeness (QED) is 0.477. The molecule has 1 amide bonds. The van der Waals surface area contributed by atoms with E-state index in [4.69, 9.17) is 15.5 Å². The molecule has 6 heteroatoms. The summed E-state index contributed by atoms with van der Waals surface area (Å²) in [4.78, 5) is 18.8. The van der Waals surface area contributed by atoms with Crippen molar-refractivity contribution in [2.24, 2.45) is 0 Å². The zero-order valence-corrected chi connectivity index (χ0v) is 17.3. The lowest BCUT2D eigenvalue weighted by atomic mass is 10.1. The van der Waals surface area contributed by atoms with Crippen LogP contribution in [0.5, 0.6) is 5.75 Å². The van der Waals surface area contributed by atoms with E-state index in [-0.39, 0.29) is 5.91 Å². The summed E-state index contributed by atoms with van der Waals surface area (Å²) in [5, 5.41) is 3.77. The van der Waals surface area contributed by atoms with Gasteiger partial charge in [-0.3, -0.25) is 4.79 Å². The van der Waals surface area contributed by atoms with Crippen LogP contribution in [0.15, 0.2) is 54.6 Å². The second kappa shape index (κ2) is 7.56. The van der Waals surface area contributed by atoms with Crippen molar-refractivity contribution in [2.45, 2.75) is 13.8 Å². The highest BCUT2D eigenvalue weighted by Crippen LogP contribution is 2.35. The molecule has 0 atom stereocenters. The van der Waals surface area contributed by atoms with Crippen LogP contribution in [0, 0.1) is 13.8 Å². The van der Waals surface area contributed by atoms with Crippen LogP contribution in [-0.2, 0) is 0 Å². The zero-order valence-electron chi connectivity index (χ0n) is 16.4. The summed E-state index contributed by atoms with van der Waals surface area (Å²) >= 11 is 1.30. The third kappa shape index (κ3) is 3.67. The number of anilines is 2. The lowest BCUT2D eigenvalue weighted by molar-refractivity contribution is 0.103. The summed E-state index contributed by atoms with van der Waals surface area (Å²) in [5.74, 6) is 0.575. The second-order valence-corrected chi connectivity index (χ2v) is 7.89. The fourth-order valence-electron chi connectivity index (χ4n) is 3.14. The number of aryl methyl sites for hydroxylation is 2. The number of fused-ring (bicyclic) bond motifs is 1. The Morgan fingerprint density at radius 3 is 2.55 bits per heavy atom. The van der Waals surface area contributed by atoms with Gasteiger partial charge in [0.2, 0.25) is 0 Å². The Morgan fingerprint density at radius 1 is 1.07 bits per heavy atom. The lowest BCUT2D eigenvalue weighted by Gasteiger charge is -2.08. The number of rotatable bonds is 4. The van der Waals surface area contributed by atoms with Gasteiger partial charge in [-0.25, -0.2) is 4.98 Å². The van der Waals surface area contributed by atoms with Crippen LogP contribution in [0.1, 0.15) is 20.8 Å². The predicted octanol–water partition coefficient (Wildman–Crippen LogP) is 5.42. The SMILES string of the molecule is COc1ccc(-c2ccc3c(N)c(C(=O)Nc4cc(C)ccc4C)sc3n2)cc1. The highest BCUT2D eigenvalue weighted by Gasteiger charge is 2.18. The van der Waals surface area contributed by atoms with Crippen molar-refractivity contribution in [3.8, 4) is 17.0 Å². The number of amides is 1. The first-order valence-corrected chi connectivity index (χ1v) is 10.00. The molecule has 146 valence electrons. The highest BCUT2D eigenvalue weighted by molar-refractivity contribution is 7.21. The minimum absolute atomic E-state index is 0.217. The first-order chi connectivity index (χ1) is 14.0. The number of pyridine rings is 1. The fourth-order valence-corrected chi connectivity index (χ4v) is 4.13. The Kier molecular flexibility index (Phi) is 4.94. The molecule has 0 aliphatic rings. The Labute approximate surface area is 173 Å². The van der Waals surface area contributed by atoms with Crippen molar-refractivity contribution in [3.63, 3.8) is 0 Å². The molecule has 29 heavy (non-hydrogen) atoms. The van der Waals surface area contributed by atoms with E-state index >= 15 is 0 Å². The Bertz CT molecular complexity index is 1210. The molecule has 0 saturated carbocycles. The van der Waals surface area contributed by atoms with Crippen molar-refractivity contribution in [1.82, 2.24) is 4.98 Å². The normalized spacial score (nSPS) is 10.9. The molecule has 0 radical (unpaired) electrons. The smallest absolute Gasteiger partial charge is 0.267 e. The molecule has 0 aliphatic heterocycles. The summed E-state index contributed by atoms with van der Waals surface area (Å²) in [7, 11) is 1.64. The number of aromatic nitrogens is 1. The molecular formula is C23H21N3O2S. The average Bonchev–Trinajstić information content (AvgIpc) is 3.07. The molecule has 0 bridgehead atoms. The number of benzene rings is 2. The molecule has 2 aromatic carbocycles. The van der Waals surface area contributed by atoms with Gasteiger partial charge in [-0.2, -0.15) is 0 Å². The van der Waals surface area contributed by atoms with Gasteiger partial charge >= 0.3 is 0 Å². The number of nitrogens with zero attached hydrogens (tertiary/aromatic N) is 1. The first-order valence-electron chi connectivity index (χ1n) is 9.18. The molecule has 4 rings (SSSR count). The van der Waals surface area contributed by atoms with Crippen molar-refractivity contribution in [3.05, 3.63) is 70.6 Å². The van der Waals surface area contributed by atoms with Gasteiger partial charge in [-0.05, 0) is 67.4 Å². The maximum atomic E-state index is 12.9. The topological polar surface area (TPSA) is 77.2 Å².